The molecule has 2 aliphatic heterocycles. The van der Waals surface area contributed by atoms with Crippen LogP contribution in [0.3, 0.4) is 0 Å². The molecule has 3 heterocycles. The Bertz CT molecular complexity index is 451. The van der Waals surface area contributed by atoms with Gasteiger partial charge in [0.05, 0.1) is 24.8 Å². The van der Waals surface area contributed by atoms with Gasteiger partial charge in [-0.3, -0.25) is 9.48 Å². The number of hydrogen-bond acceptors (Lipinski definition) is 3. The summed E-state index contributed by atoms with van der Waals surface area (Å²) in [4.78, 5) is 14.4. The van der Waals surface area contributed by atoms with Gasteiger partial charge in [-0.05, 0) is 25.7 Å². The highest BCUT2D eigenvalue weighted by Gasteiger charge is 2.32. The molecule has 2 fully saturated rings. The molecule has 2 saturated heterocycles. The van der Waals surface area contributed by atoms with Crippen molar-refractivity contribution >= 4 is 5.91 Å². The van der Waals surface area contributed by atoms with Crippen molar-refractivity contribution in [2.45, 2.75) is 44.2 Å². The van der Waals surface area contributed by atoms with Crippen LogP contribution < -0.4 is 0 Å². The first-order valence-corrected chi connectivity index (χ1v) is 7.13. The fourth-order valence-electron chi connectivity index (χ4n) is 3.14. The van der Waals surface area contributed by atoms with Crippen molar-refractivity contribution in [3.8, 4) is 0 Å². The standard InChI is InChI=1S/C14H21N3O2/c1-16-10-11(9-15-16)13-5-2-6-17(13)14(18)8-12-4-3-7-19-12/h9-10,12-13H,2-8H2,1H3/t12-,13+/m1/s1. The van der Waals surface area contributed by atoms with Crippen molar-refractivity contribution in [3.05, 3.63) is 18.0 Å². The number of hydrogen-bond donors (Lipinski definition) is 0. The van der Waals surface area contributed by atoms with E-state index in [0.29, 0.717) is 6.42 Å². The van der Waals surface area contributed by atoms with Gasteiger partial charge in [-0.15, -0.1) is 0 Å². The van der Waals surface area contributed by atoms with Crippen molar-refractivity contribution in [3.63, 3.8) is 0 Å². The summed E-state index contributed by atoms with van der Waals surface area (Å²) in [6, 6.07) is 0.211. The molecule has 1 amide bonds. The van der Waals surface area contributed by atoms with Gasteiger partial charge in [-0.1, -0.05) is 0 Å². The lowest BCUT2D eigenvalue weighted by Gasteiger charge is -2.25. The molecule has 0 aliphatic carbocycles. The number of ether oxygens (including phenoxy) is 1. The number of amides is 1. The van der Waals surface area contributed by atoms with Gasteiger partial charge in [-0.25, -0.2) is 0 Å². The Hall–Kier alpha value is -1.36. The van der Waals surface area contributed by atoms with Crippen molar-refractivity contribution in [2.75, 3.05) is 13.2 Å². The van der Waals surface area contributed by atoms with Gasteiger partial charge >= 0.3 is 0 Å². The van der Waals surface area contributed by atoms with Crippen molar-refractivity contribution in [1.29, 1.82) is 0 Å². The minimum absolute atomic E-state index is 0.141. The normalized spacial score (nSPS) is 27.1. The van der Waals surface area contributed by atoms with Crippen LogP contribution in [0.2, 0.25) is 0 Å². The predicted molar refractivity (Wildman–Crippen MR) is 70.5 cm³/mol. The highest BCUT2D eigenvalue weighted by molar-refractivity contribution is 5.77. The maximum atomic E-state index is 12.4. The quantitative estimate of drug-likeness (QED) is 0.833. The Morgan fingerprint density at radius 3 is 3.05 bits per heavy atom. The summed E-state index contributed by atoms with van der Waals surface area (Å²) in [6.45, 7) is 1.68. The van der Waals surface area contributed by atoms with Crippen LogP contribution in [0, 0.1) is 0 Å². The van der Waals surface area contributed by atoms with Crippen LogP contribution in [-0.4, -0.2) is 39.8 Å². The number of carbonyl (C=O) groups is 1. The van der Waals surface area contributed by atoms with Gasteiger partial charge in [0.25, 0.3) is 0 Å². The summed E-state index contributed by atoms with van der Waals surface area (Å²) in [7, 11) is 1.91. The van der Waals surface area contributed by atoms with E-state index in [1.807, 2.05) is 24.3 Å². The summed E-state index contributed by atoms with van der Waals surface area (Å²) in [5, 5.41) is 4.21. The number of nitrogens with zero attached hydrogens (tertiary/aromatic N) is 3. The average Bonchev–Trinajstić information content (AvgIpc) is 3.07. The lowest BCUT2D eigenvalue weighted by atomic mass is 10.1. The van der Waals surface area contributed by atoms with Crippen molar-refractivity contribution in [1.82, 2.24) is 14.7 Å². The minimum Gasteiger partial charge on any atom is -0.378 e. The topological polar surface area (TPSA) is 47.4 Å². The van der Waals surface area contributed by atoms with Crippen LogP contribution in [0.25, 0.3) is 0 Å². The maximum absolute atomic E-state index is 12.4. The summed E-state index contributed by atoms with van der Waals surface area (Å²) in [6.07, 6.45) is 8.81. The van der Waals surface area contributed by atoms with Crippen LogP contribution in [0.5, 0.6) is 0 Å². The zero-order valence-electron chi connectivity index (χ0n) is 11.4. The SMILES string of the molecule is Cn1cc([C@@H]2CCCN2C(=O)C[C@H]2CCCO2)cn1. The van der Waals surface area contributed by atoms with E-state index >= 15 is 0 Å². The van der Waals surface area contributed by atoms with Crippen LogP contribution in [0.15, 0.2) is 12.4 Å². The van der Waals surface area contributed by atoms with Crippen LogP contribution in [0.1, 0.15) is 43.7 Å². The summed E-state index contributed by atoms with van der Waals surface area (Å²) in [5.74, 6) is 0.234. The Labute approximate surface area is 113 Å². The molecule has 1 aromatic rings. The zero-order valence-corrected chi connectivity index (χ0v) is 11.4. The van der Waals surface area contributed by atoms with Crippen LogP contribution in [0.4, 0.5) is 0 Å². The molecule has 0 unspecified atom stereocenters. The van der Waals surface area contributed by atoms with Crippen molar-refractivity contribution < 1.29 is 9.53 Å². The van der Waals surface area contributed by atoms with E-state index in [4.69, 9.17) is 4.74 Å². The van der Waals surface area contributed by atoms with E-state index < -0.39 is 0 Å². The largest absolute Gasteiger partial charge is 0.378 e. The van der Waals surface area contributed by atoms with E-state index in [1.54, 1.807) is 4.68 Å². The molecular weight excluding hydrogens is 242 g/mol. The van der Waals surface area contributed by atoms with Gasteiger partial charge < -0.3 is 9.64 Å². The van der Waals surface area contributed by atoms with E-state index in [2.05, 4.69) is 5.10 Å². The summed E-state index contributed by atoms with van der Waals surface area (Å²) in [5.41, 5.74) is 1.15. The molecule has 104 valence electrons. The Morgan fingerprint density at radius 1 is 1.47 bits per heavy atom. The van der Waals surface area contributed by atoms with Crippen molar-refractivity contribution in [2.24, 2.45) is 7.05 Å². The van der Waals surface area contributed by atoms with Gasteiger partial charge in [0.2, 0.25) is 5.91 Å². The third kappa shape index (κ3) is 2.66. The summed E-state index contributed by atoms with van der Waals surface area (Å²) >= 11 is 0. The highest BCUT2D eigenvalue weighted by atomic mass is 16.5. The second-order valence-electron chi connectivity index (χ2n) is 5.53. The lowest BCUT2D eigenvalue weighted by Crippen LogP contribution is -2.32. The predicted octanol–water partition coefficient (Wildman–Crippen LogP) is 1.65. The molecule has 0 bridgehead atoms. The molecule has 0 spiro atoms. The van der Waals surface area contributed by atoms with E-state index in [9.17, 15) is 4.79 Å². The second-order valence-corrected chi connectivity index (χ2v) is 5.53. The molecule has 2 aliphatic rings. The first kappa shape index (κ1) is 12.7. The molecule has 5 heteroatoms. The number of aromatic nitrogens is 2. The Morgan fingerprint density at radius 2 is 2.37 bits per heavy atom. The molecule has 0 saturated carbocycles. The third-order valence-electron chi connectivity index (χ3n) is 4.11. The molecule has 3 rings (SSSR count). The molecule has 19 heavy (non-hydrogen) atoms. The molecule has 1 aromatic heterocycles. The monoisotopic (exact) mass is 263 g/mol. The van der Waals surface area contributed by atoms with Gasteiger partial charge in [0.1, 0.15) is 0 Å². The van der Waals surface area contributed by atoms with E-state index in [-0.39, 0.29) is 18.1 Å². The second kappa shape index (κ2) is 5.33. The third-order valence-corrected chi connectivity index (χ3v) is 4.11. The Kier molecular flexibility index (Phi) is 3.55. The molecule has 0 N–H and O–H groups in total. The van der Waals surface area contributed by atoms with E-state index in [1.165, 1.54) is 0 Å². The maximum Gasteiger partial charge on any atom is 0.225 e. The fourth-order valence-corrected chi connectivity index (χ4v) is 3.14. The average molecular weight is 263 g/mol. The van der Waals surface area contributed by atoms with Crippen LogP contribution >= 0.6 is 0 Å². The first-order valence-electron chi connectivity index (χ1n) is 7.13. The van der Waals surface area contributed by atoms with Crippen LogP contribution in [-0.2, 0) is 16.6 Å². The van der Waals surface area contributed by atoms with E-state index in [0.717, 1.165) is 44.4 Å². The number of likely N-dealkylation sites (tertiary alicyclic amines) is 1. The number of carbonyl (C=O) groups excluding carboxylic acids is 1. The Balaban J connectivity index is 1.66. The molecule has 5 nitrogen and oxygen atoms in total. The first-order chi connectivity index (χ1) is 9.24. The molecule has 0 radical (unpaired) electrons. The zero-order chi connectivity index (χ0) is 13.2. The summed E-state index contributed by atoms with van der Waals surface area (Å²) < 4.78 is 7.37. The molecule has 0 aromatic carbocycles. The van der Waals surface area contributed by atoms with Gasteiger partial charge in [0, 0.05) is 32.0 Å². The van der Waals surface area contributed by atoms with Gasteiger partial charge in [0.15, 0.2) is 0 Å². The smallest absolute Gasteiger partial charge is 0.225 e. The fraction of sp³-hybridized carbons (Fsp3) is 0.714. The van der Waals surface area contributed by atoms with Gasteiger partial charge in [-0.2, -0.15) is 5.10 Å². The number of aryl methyl sites for hydroxylation is 1. The lowest BCUT2D eigenvalue weighted by molar-refractivity contribution is -0.134. The minimum atomic E-state index is 0.141. The highest BCUT2D eigenvalue weighted by Crippen LogP contribution is 2.32. The molecular formula is C14H21N3O2. The number of rotatable bonds is 3. The molecule has 2 atom stereocenters.